The van der Waals surface area contributed by atoms with Gasteiger partial charge in [0.1, 0.15) is 25.4 Å². The Morgan fingerprint density at radius 3 is 2.00 bits per heavy atom. The Bertz CT molecular complexity index is 971. The zero-order chi connectivity index (χ0) is 23.0. The molecule has 5 atom stereocenters. The molecule has 4 unspecified atom stereocenters. The Balaban J connectivity index is 1.30. The van der Waals surface area contributed by atoms with E-state index in [4.69, 9.17) is 19.2 Å². The minimum Gasteiger partial charge on any atom is -0.456 e. The van der Waals surface area contributed by atoms with E-state index in [-0.39, 0.29) is 25.1 Å². The highest BCUT2D eigenvalue weighted by molar-refractivity contribution is 5.89. The number of carbonyl (C=O) groups excluding carboxylic acids is 2. The number of hydrogen-bond acceptors (Lipinski definition) is 6. The molecule has 1 saturated carbocycles. The molecule has 0 amide bonds. The largest absolute Gasteiger partial charge is 0.456 e. The standard InChI is InChI=1S/C27H28O6/c1-2-23(32-26(28)20-9-5-3-6-10-20)17-30-31-18-25(24-16-19-13-14-22(24)15-19)33-27(29)21-11-7-4-8-12-21/h2-14,19,22-25H,1,15-18H2/t19?,22?,23?,24?,25-/m0/s1. The van der Waals surface area contributed by atoms with Crippen LogP contribution in [0.4, 0.5) is 0 Å². The van der Waals surface area contributed by atoms with E-state index in [0.717, 1.165) is 12.8 Å². The van der Waals surface area contributed by atoms with Gasteiger partial charge in [-0.3, -0.25) is 0 Å². The summed E-state index contributed by atoms with van der Waals surface area (Å²) in [6, 6.07) is 17.6. The lowest BCUT2D eigenvalue weighted by molar-refractivity contribution is -0.314. The van der Waals surface area contributed by atoms with Gasteiger partial charge in [0.2, 0.25) is 0 Å². The van der Waals surface area contributed by atoms with Crippen LogP contribution in [0.1, 0.15) is 33.6 Å². The lowest BCUT2D eigenvalue weighted by atomic mass is 9.88. The molecule has 4 rings (SSSR count). The van der Waals surface area contributed by atoms with Gasteiger partial charge < -0.3 is 9.47 Å². The summed E-state index contributed by atoms with van der Waals surface area (Å²) in [5, 5.41) is 0. The Morgan fingerprint density at radius 1 is 0.848 bits per heavy atom. The van der Waals surface area contributed by atoms with Gasteiger partial charge in [0, 0.05) is 5.92 Å². The van der Waals surface area contributed by atoms with Gasteiger partial charge in [-0.1, -0.05) is 55.1 Å². The number of benzene rings is 2. The summed E-state index contributed by atoms with van der Waals surface area (Å²) >= 11 is 0. The highest BCUT2D eigenvalue weighted by Crippen LogP contribution is 2.45. The molecule has 0 radical (unpaired) electrons. The number of hydrogen-bond donors (Lipinski definition) is 0. The van der Waals surface area contributed by atoms with Gasteiger partial charge in [-0.2, -0.15) is 0 Å². The fraction of sp³-hybridized carbons (Fsp3) is 0.333. The first-order chi connectivity index (χ1) is 16.1. The molecule has 0 aliphatic heterocycles. The van der Waals surface area contributed by atoms with Crippen LogP contribution in [0.25, 0.3) is 0 Å². The number of fused-ring (bicyclic) bond motifs is 2. The quantitative estimate of drug-likeness (QED) is 0.162. The normalized spacial score (nSPS) is 22.5. The maximum Gasteiger partial charge on any atom is 0.338 e. The van der Waals surface area contributed by atoms with Crippen LogP contribution < -0.4 is 0 Å². The fourth-order valence-electron chi connectivity index (χ4n) is 4.44. The molecule has 0 aromatic heterocycles. The Hall–Kier alpha value is -3.22. The van der Waals surface area contributed by atoms with Crippen molar-refractivity contribution in [2.24, 2.45) is 17.8 Å². The molecular weight excluding hydrogens is 420 g/mol. The first-order valence-corrected chi connectivity index (χ1v) is 11.2. The Labute approximate surface area is 193 Å². The smallest absolute Gasteiger partial charge is 0.338 e. The summed E-state index contributed by atoms with van der Waals surface area (Å²) in [6.07, 6.45) is 6.86. The molecule has 0 N–H and O–H groups in total. The zero-order valence-electron chi connectivity index (χ0n) is 18.4. The van der Waals surface area contributed by atoms with Gasteiger partial charge >= 0.3 is 11.9 Å². The minimum atomic E-state index is -0.673. The van der Waals surface area contributed by atoms with Gasteiger partial charge in [-0.05, 0) is 55.0 Å². The van der Waals surface area contributed by atoms with E-state index in [1.807, 2.05) is 12.1 Å². The molecule has 172 valence electrons. The molecule has 33 heavy (non-hydrogen) atoms. The van der Waals surface area contributed by atoms with Crippen LogP contribution in [0.3, 0.4) is 0 Å². The maximum atomic E-state index is 12.7. The molecule has 2 aliphatic carbocycles. The summed E-state index contributed by atoms with van der Waals surface area (Å²) in [5.41, 5.74) is 0.948. The Kier molecular flexibility index (Phi) is 7.70. The first-order valence-electron chi connectivity index (χ1n) is 11.2. The van der Waals surface area contributed by atoms with Crippen molar-refractivity contribution in [1.29, 1.82) is 0 Å². The lowest BCUT2D eigenvalue weighted by Gasteiger charge is -2.28. The van der Waals surface area contributed by atoms with Crippen molar-refractivity contribution in [3.63, 3.8) is 0 Å². The second-order valence-electron chi connectivity index (χ2n) is 8.37. The molecule has 0 saturated heterocycles. The summed E-state index contributed by atoms with van der Waals surface area (Å²) in [5.74, 6) is 0.243. The number of ether oxygens (including phenoxy) is 2. The lowest BCUT2D eigenvalue weighted by Crippen LogP contribution is -2.34. The predicted molar refractivity (Wildman–Crippen MR) is 122 cm³/mol. The van der Waals surface area contributed by atoms with Crippen molar-refractivity contribution in [2.75, 3.05) is 13.2 Å². The van der Waals surface area contributed by atoms with E-state index in [1.54, 1.807) is 48.5 Å². The summed E-state index contributed by atoms with van der Waals surface area (Å²) in [7, 11) is 0. The monoisotopic (exact) mass is 448 g/mol. The van der Waals surface area contributed by atoms with E-state index >= 15 is 0 Å². The second kappa shape index (κ2) is 11.1. The number of esters is 2. The molecular formula is C27H28O6. The van der Waals surface area contributed by atoms with E-state index in [1.165, 1.54) is 6.08 Å². The third kappa shape index (κ3) is 5.97. The maximum absolute atomic E-state index is 12.7. The highest BCUT2D eigenvalue weighted by Gasteiger charge is 2.42. The number of allylic oxidation sites excluding steroid dienone is 2. The van der Waals surface area contributed by atoms with Crippen molar-refractivity contribution in [1.82, 2.24) is 0 Å². The molecule has 0 heterocycles. The molecule has 2 aromatic carbocycles. The molecule has 6 heteroatoms. The number of rotatable bonds is 11. The molecule has 2 aliphatic rings. The average Bonchev–Trinajstić information content (AvgIpc) is 3.50. The van der Waals surface area contributed by atoms with E-state index in [0.29, 0.717) is 23.0 Å². The molecule has 0 spiro atoms. The Morgan fingerprint density at radius 2 is 1.45 bits per heavy atom. The van der Waals surface area contributed by atoms with Gasteiger partial charge in [-0.15, -0.1) is 0 Å². The van der Waals surface area contributed by atoms with Crippen molar-refractivity contribution in [2.45, 2.75) is 25.0 Å². The van der Waals surface area contributed by atoms with Gasteiger partial charge in [0.05, 0.1) is 11.1 Å². The summed E-state index contributed by atoms with van der Waals surface area (Å²) in [4.78, 5) is 35.6. The van der Waals surface area contributed by atoms with Crippen LogP contribution in [0.2, 0.25) is 0 Å². The third-order valence-corrected chi connectivity index (χ3v) is 6.15. The molecule has 2 bridgehead atoms. The van der Waals surface area contributed by atoms with Crippen LogP contribution in [-0.4, -0.2) is 37.4 Å². The summed E-state index contributed by atoms with van der Waals surface area (Å²) < 4.78 is 11.2. The third-order valence-electron chi connectivity index (χ3n) is 6.15. The molecule has 2 aromatic rings. The van der Waals surface area contributed by atoms with Crippen LogP contribution in [-0.2, 0) is 19.2 Å². The van der Waals surface area contributed by atoms with Crippen molar-refractivity contribution >= 4 is 11.9 Å². The first kappa shape index (κ1) is 23.0. The van der Waals surface area contributed by atoms with E-state index in [2.05, 4.69) is 18.7 Å². The highest BCUT2D eigenvalue weighted by atomic mass is 17.2. The minimum absolute atomic E-state index is 0.0158. The van der Waals surface area contributed by atoms with E-state index < -0.39 is 18.2 Å². The topological polar surface area (TPSA) is 71.1 Å². The van der Waals surface area contributed by atoms with Crippen molar-refractivity contribution in [3.8, 4) is 0 Å². The van der Waals surface area contributed by atoms with Crippen molar-refractivity contribution in [3.05, 3.63) is 96.6 Å². The van der Waals surface area contributed by atoms with Gasteiger partial charge in [0.15, 0.2) is 0 Å². The van der Waals surface area contributed by atoms with Crippen molar-refractivity contribution < 1.29 is 28.8 Å². The predicted octanol–water partition coefficient (Wildman–Crippen LogP) is 4.78. The van der Waals surface area contributed by atoms with Crippen LogP contribution in [0.5, 0.6) is 0 Å². The van der Waals surface area contributed by atoms with Gasteiger partial charge in [0.25, 0.3) is 0 Å². The van der Waals surface area contributed by atoms with Crippen LogP contribution in [0.15, 0.2) is 85.5 Å². The SMILES string of the molecule is C=CC(COOC[C@H](OC(=O)c1ccccc1)C1CC2C=CC1C2)OC(=O)c1ccccc1. The fourth-order valence-corrected chi connectivity index (χ4v) is 4.44. The van der Waals surface area contributed by atoms with E-state index in [9.17, 15) is 9.59 Å². The summed E-state index contributed by atoms with van der Waals surface area (Å²) in [6.45, 7) is 3.77. The van der Waals surface area contributed by atoms with Crippen LogP contribution in [0, 0.1) is 17.8 Å². The zero-order valence-corrected chi connectivity index (χ0v) is 18.4. The average molecular weight is 449 g/mol. The molecule has 1 fully saturated rings. The molecule has 6 nitrogen and oxygen atoms in total. The number of carbonyl (C=O) groups is 2. The van der Waals surface area contributed by atoms with Crippen LogP contribution >= 0.6 is 0 Å². The second-order valence-corrected chi connectivity index (χ2v) is 8.37. The van der Waals surface area contributed by atoms with Gasteiger partial charge in [-0.25, -0.2) is 19.4 Å².